The number of hydrogen-bond acceptors (Lipinski definition) is 1. The number of allylic oxidation sites excluding steroid dienone is 2. The molecular weight excluding hydrogens is 122 g/mol. The molecule has 0 amide bonds. The van der Waals surface area contributed by atoms with Gasteiger partial charge in [0.25, 0.3) is 0 Å². The van der Waals surface area contributed by atoms with Gasteiger partial charge in [0.15, 0.2) is 0 Å². The van der Waals surface area contributed by atoms with Crippen molar-refractivity contribution in [3.8, 4) is 0 Å². The van der Waals surface area contributed by atoms with E-state index < -0.39 is 0 Å². The van der Waals surface area contributed by atoms with Crippen molar-refractivity contribution in [2.45, 2.75) is 33.6 Å². The van der Waals surface area contributed by atoms with Crippen molar-refractivity contribution >= 4 is 0 Å². The van der Waals surface area contributed by atoms with Crippen LogP contribution >= 0.6 is 0 Å². The van der Waals surface area contributed by atoms with Gasteiger partial charge in [-0.1, -0.05) is 19.4 Å². The quantitative estimate of drug-likeness (QED) is 0.584. The SMILES string of the molecule is CCC(CC)=C(C)N(C)C. The van der Waals surface area contributed by atoms with Crippen molar-refractivity contribution in [1.29, 1.82) is 0 Å². The van der Waals surface area contributed by atoms with E-state index in [1.807, 2.05) is 0 Å². The Balaban J connectivity index is 4.27. The molecule has 0 N–H and O–H groups in total. The lowest BCUT2D eigenvalue weighted by Crippen LogP contribution is -2.10. The van der Waals surface area contributed by atoms with E-state index in [1.165, 1.54) is 18.5 Å². The summed E-state index contributed by atoms with van der Waals surface area (Å²) in [5.41, 5.74) is 2.98. The molecule has 0 bridgehead atoms. The van der Waals surface area contributed by atoms with Crippen LogP contribution in [0.1, 0.15) is 33.6 Å². The van der Waals surface area contributed by atoms with Crippen LogP contribution < -0.4 is 0 Å². The van der Waals surface area contributed by atoms with Crippen LogP contribution in [0.2, 0.25) is 0 Å². The van der Waals surface area contributed by atoms with E-state index >= 15 is 0 Å². The molecule has 0 aromatic heterocycles. The van der Waals surface area contributed by atoms with Gasteiger partial charge < -0.3 is 4.90 Å². The van der Waals surface area contributed by atoms with Gasteiger partial charge in [-0.2, -0.15) is 0 Å². The van der Waals surface area contributed by atoms with E-state index in [0.29, 0.717) is 0 Å². The molecule has 0 fully saturated rings. The second-order valence-electron chi connectivity index (χ2n) is 2.79. The summed E-state index contributed by atoms with van der Waals surface area (Å²) >= 11 is 0. The molecule has 0 spiro atoms. The summed E-state index contributed by atoms with van der Waals surface area (Å²) in [4.78, 5) is 2.18. The van der Waals surface area contributed by atoms with Gasteiger partial charge in [-0.3, -0.25) is 0 Å². The van der Waals surface area contributed by atoms with Crippen LogP contribution in [-0.4, -0.2) is 19.0 Å². The van der Waals surface area contributed by atoms with Gasteiger partial charge in [0.2, 0.25) is 0 Å². The highest BCUT2D eigenvalue weighted by atomic mass is 15.1. The minimum Gasteiger partial charge on any atom is -0.381 e. The first-order valence-corrected chi connectivity index (χ1v) is 3.99. The van der Waals surface area contributed by atoms with Gasteiger partial charge in [0.05, 0.1) is 0 Å². The molecule has 0 heterocycles. The molecule has 0 saturated carbocycles. The van der Waals surface area contributed by atoms with Crippen molar-refractivity contribution in [3.63, 3.8) is 0 Å². The summed E-state index contributed by atoms with van der Waals surface area (Å²) < 4.78 is 0. The molecular formula is C9H19N. The maximum Gasteiger partial charge on any atom is 0.00875 e. The Kier molecular flexibility index (Phi) is 4.17. The number of nitrogens with zero attached hydrogens (tertiary/aromatic N) is 1. The van der Waals surface area contributed by atoms with Crippen molar-refractivity contribution in [3.05, 3.63) is 11.3 Å². The normalized spacial score (nSPS) is 9.30. The van der Waals surface area contributed by atoms with Crippen molar-refractivity contribution < 1.29 is 0 Å². The van der Waals surface area contributed by atoms with Crippen molar-refractivity contribution in [2.75, 3.05) is 14.1 Å². The summed E-state index contributed by atoms with van der Waals surface area (Å²) in [6, 6.07) is 0. The van der Waals surface area contributed by atoms with E-state index in [9.17, 15) is 0 Å². The molecule has 0 radical (unpaired) electrons. The lowest BCUT2D eigenvalue weighted by atomic mass is 10.1. The van der Waals surface area contributed by atoms with Gasteiger partial charge in [-0.25, -0.2) is 0 Å². The molecule has 10 heavy (non-hydrogen) atoms. The summed E-state index contributed by atoms with van der Waals surface area (Å²) in [7, 11) is 4.20. The van der Waals surface area contributed by atoms with Crippen LogP contribution in [0.4, 0.5) is 0 Å². The summed E-state index contributed by atoms with van der Waals surface area (Å²) in [5, 5.41) is 0. The molecule has 1 nitrogen and oxygen atoms in total. The van der Waals surface area contributed by atoms with E-state index in [-0.39, 0.29) is 0 Å². The Morgan fingerprint density at radius 1 is 1.10 bits per heavy atom. The average Bonchev–Trinajstić information content (AvgIpc) is 1.90. The second-order valence-corrected chi connectivity index (χ2v) is 2.79. The predicted octanol–water partition coefficient (Wildman–Crippen LogP) is 2.64. The molecule has 60 valence electrons. The highest BCUT2D eigenvalue weighted by molar-refractivity contribution is 5.09. The van der Waals surface area contributed by atoms with Crippen LogP contribution in [0.5, 0.6) is 0 Å². The fraction of sp³-hybridized carbons (Fsp3) is 0.778. The highest BCUT2D eigenvalue weighted by Crippen LogP contribution is 2.13. The lowest BCUT2D eigenvalue weighted by Gasteiger charge is -2.16. The molecule has 0 atom stereocenters. The average molecular weight is 141 g/mol. The molecule has 0 aliphatic carbocycles. The number of rotatable bonds is 3. The van der Waals surface area contributed by atoms with Crippen LogP contribution in [0, 0.1) is 0 Å². The molecule has 0 rings (SSSR count). The standard InChI is InChI=1S/C9H19N/c1-6-9(7-2)8(3)10(4)5/h6-7H2,1-5H3. The lowest BCUT2D eigenvalue weighted by molar-refractivity contribution is 0.501. The molecule has 0 aromatic carbocycles. The molecule has 0 aliphatic heterocycles. The molecule has 1 heteroatoms. The van der Waals surface area contributed by atoms with Gasteiger partial charge in [0, 0.05) is 19.8 Å². The Hall–Kier alpha value is -0.460. The summed E-state index contributed by atoms with van der Waals surface area (Å²) in [6.45, 7) is 6.61. The largest absolute Gasteiger partial charge is 0.381 e. The Morgan fingerprint density at radius 3 is 1.60 bits per heavy atom. The predicted molar refractivity (Wildman–Crippen MR) is 47.0 cm³/mol. The molecule has 0 unspecified atom stereocenters. The Bertz CT molecular complexity index is 117. The third-order valence-electron chi connectivity index (χ3n) is 2.04. The first kappa shape index (κ1) is 9.54. The monoisotopic (exact) mass is 141 g/mol. The van der Waals surface area contributed by atoms with E-state index in [0.717, 1.165) is 0 Å². The molecule has 0 saturated heterocycles. The van der Waals surface area contributed by atoms with Crippen molar-refractivity contribution in [2.24, 2.45) is 0 Å². The van der Waals surface area contributed by atoms with Crippen LogP contribution in [0.15, 0.2) is 11.3 Å². The fourth-order valence-electron chi connectivity index (χ4n) is 1.08. The molecule has 0 aliphatic rings. The van der Waals surface area contributed by atoms with Crippen molar-refractivity contribution in [1.82, 2.24) is 4.90 Å². The van der Waals surface area contributed by atoms with E-state index in [4.69, 9.17) is 0 Å². The maximum atomic E-state index is 2.21. The van der Waals surface area contributed by atoms with E-state index in [2.05, 4.69) is 39.8 Å². The zero-order valence-corrected chi connectivity index (χ0v) is 7.86. The summed E-state index contributed by atoms with van der Waals surface area (Å²) in [5.74, 6) is 0. The maximum absolute atomic E-state index is 2.21. The number of hydrogen-bond donors (Lipinski definition) is 0. The minimum atomic E-state index is 1.18. The van der Waals surface area contributed by atoms with Crippen LogP contribution in [0.25, 0.3) is 0 Å². The topological polar surface area (TPSA) is 3.24 Å². The first-order valence-electron chi connectivity index (χ1n) is 3.99. The highest BCUT2D eigenvalue weighted by Gasteiger charge is 1.98. The zero-order chi connectivity index (χ0) is 8.15. The van der Waals surface area contributed by atoms with Gasteiger partial charge in [-0.05, 0) is 19.8 Å². The molecule has 0 aromatic rings. The van der Waals surface area contributed by atoms with E-state index in [1.54, 1.807) is 5.57 Å². The third-order valence-corrected chi connectivity index (χ3v) is 2.04. The van der Waals surface area contributed by atoms with Crippen LogP contribution in [0.3, 0.4) is 0 Å². The third kappa shape index (κ3) is 2.42. The van der Waals surface area contributed by atoms with Gasteiger partial charge in [0.1, 0.15) is 0 Å². The smallest absolute Gasteiger partial charge is 0.00875 e. The zero-order valence-electron chi connectivity index (χ0n) is 7.86. The van der Waals surface area contributed by atoms with Gasteiger partial charge >= 0.3 is 0 Å². The summed E-state index contributed by atoms with van der Waals surface area (Å²) in [6.07, 6.45) is 2.36. The Labute approximate surface area is 64.7 Å². The van der Waals surface area contributed by atoms with Gasteiger partial charge in [-0.15, -0.1) is 0 Å². The minimum absolute atomic E-state index is 1.18. The Morgan fingerprint density at radius 2 is 1.50 bits per heavy atom. The first-order chi connectivity index (χ1) is 4.63. The second kappa shape index (κ2) is 4.37. The fourth-order valence-corrected chi connectivity index (χ4v) is 1.08. The van der Waals surface area contributed by atoms with Crippen LogP contribution in [-0.2, 0) is 0 Å².